The van der Waals surface area contributed by atoms with E-state index >= 15 is 0 Å². The lowest BCUT2D eigenvalue weighted by Gasteiger charge is -2.17. The fourth-order valence-corrected chi connectivity index (χ4v) is 1.70. The number of aromatic nitrogens is 6. The standard InChI is InChI=1S/C13H11F6N7/c1-3-4-5-11(2,8-22-10(26-24-8)13(17,18)19)20-6-7-21-9(25-23-7)12(14,15)16/h3-6H,1H2,2H3,(H,21,23,25)(H,22,24,26). The summed E-state index contributed by atoms with van der Waals surface area (Å²) in [6.45, 7) is 4.79. The van der Waals surface area contributed by atoms with Crippen molar-refractivity contribution in [2.75, 3.05) is 0 Å². The van der Waals surface area contributed by atoms with Crippen LogP contribution in [0.5, 0.6) is 0 Å². The molecule has 2 heterocycles. The van der Waals surface area contributed by atoms with E-state index in [0.29, 0.717) is 0 Å². The van der Waals surface area contributed by atoms with Crippen LogP contribution in [-0.4, -0.2) is 36.6 Å². The quantitative estimate of drug-likeness (QED) is 0.474. The first-order chi connectivity index (χ1) is 12.0. The van der Waals surface area contributed by atoms with Gasteiger partial charge in [-0.05, 0) is 13.0 Å². The molecule has 0 aliphatic heterocycles. The molecule has 0 radical (unpaired) electrons. The summed E-state index contributed by atoms with van der Waals surface area (Å²) >= 11 is 0. The molecule has 0 fully saturated rings. The summed E-state index contributed by atoms with van der Waals surface area (Å²) in [7, 11) is 0. The third-order valence-electron chi connectivity index (χ3n) is 2.99. The number of rotatable bonds is 5. The molecule has 1 unspecified atom stereocenters. The molecule has 0 saturated heterocycles. The summed E-state index contributed by atoms with van der Waals surface area (Å²) < 4.78 is 75.4. The van der Waals surface area contributed by atoms with Crippen LogP contribution < -0.4 is 0 Å². The molecule has 140 valence electrons. The molecule has 0 spiro atoms. The Hall–Kier alpha value is -2.99. The molecule has 0 aliphatic carbocycles. The lowest BCUT2D eigenvalue weighted by Crippen LogP contribution is -2.19. The minimum atomic E-state index is -4.77. The summed E-state index contributed by atoms with van der Waals surface area (Å²) in [5.41, 5.74) is -1.51. The molecule has 13 heteroatoms. The highest BCUT2D eigenvalue weighted by atomic mass is 19.4. The van der Waals surface area contributed by atoms with Gasteiger partial charge in [0.2, 0.25) is 5.82 Å². The van der Waals surface area contributed by atoms with Crippen LogP contribution in [0.3, 0.4) is 0 Å². The normalized spacial score (nSPS) is 15.7. The van der Waals surface area contributed by atoms with Gasteiger partial charge in [0.25, 0.3) is 5.82 Å². The second-order valence-corrected chi connectivity index (χ2v) is 5.05. The molecule has 26 heavy (non-hydrogen) atoms. The predicted molar refractivity (Wildman–Crippen MR) is 77.1 cm³/mol. The van der Waals surface area contributed by atoms with Crippen molar-refractivity contribution in [3.63, 3.8) is 0 Å². The van der Waals surface area contributed by atoms with Gasteiger partial charge in [0.05, 0.1) is 6.21 Å². The van der Waals surface area contributed by atoms with Crippen LogP contribution >= 0.6 is 0 Å². The van der Waals surface area contributed by atoms with E-state index in [-0.39, 0.29) is 5.82 Å². The number of hydrogen-bond acceptors (Lipinski definition) is 5. The van der Waals surface area contributed by atoms with Gasteiger partial charge < -0.3 is 0 Å². The van der Waals surface area contributed by atoms with Crippen molar-refractivity contribution in [3.05, 3.63) is 48.1 Å². The average molecular weight is 379 g/mol. The largest absolute Gasteiger partial charge is 0.453 e. The van der Waals surface area contributed by atoms with Crippen molar-refractivity contribution in [2.24, 2.45) is 4.99 Å². The molecular weight excluding hydrogens is 368 g/mol. The molecule has 2 rings (SSSR count). The van der Waals surface area contributed by atoms with Crippen LogP contribution in [0.1, 0.15) is 30.2 Å². The van der Waals surface area contributed by atoms with Gasteiger partial charge in [-0.3, -0.25) is 15.2 Å². The third-order valence-corrected chi connectivity index (χ3v) is 2.99. The topological polar surface area (TPSA) is 95.5 Å². The maximum absolute atomic E-state index is 12.7. The molecule has 0 amide bonds. The zero-order valence-corrected chi connectivity index (χ0v) is 13.0. The smallest absolute Gasteiger partial charge is 0.271 e. The lowest BCUT2D eigenvalue weighted by atomic mass is 10.0. The van der Waals surface area contributed by atoms with Gasteiger partial charge in [-0.15, -0.1) is 5.10 Å². The van der Waals surface area contributed by atoms with Crippen molar-refractivity contribution < 1.29 is 26.3 Å². The van der Waals surface area contributed by atoms with Gasteiger partial charge in [0, 0.05) is 0 Å². The zero-order chi connectivity index (χ0) is 19.6. The first kappa shape index (κ1) is 19.3. The van der Waals surface area contributed by atoms with Crippen LogP contribution in [0, 0.1) is 0 Å². The van der Waals surface area contributed by atoms with Crippen molar-refractivity contribution in [1.82, 2.24) is 30.4 Å². The first-order valence-electron chi connectivity index (χ1n) is 6.81. The van der Waals surface area contributed by atoms with E-state index in [9.17, 15) is 26.3 Å². The number of allylic oxidation sites excluding steroid dienone is 2. The van der Waals surface area contributed by atoms with Gasteiger partial charge in [-0.25, -0.2) is 9.97 Å². The minimum absolute atomic E-state index is 0.286. The number of alkyl halides is 6. The fourth-order valence-electron chi connectivity index (χ4n) is 1.70. The van der Waals surface area contributed by atoms with E-state index in [4.69, 9.17) is 0 Å². The molecule has 0 saturated carbocycles. The van der Waals surface area contributed by atoms with E-state index in [1.165, 1.54) is 25.2 Å². The van der Waals surface area contributed by atoms with Crippen molar-refractivity contribution in [2.45, 2.75) is 24.8 Å². The number of nitrogens with one attached hydrogen (secondary N) is 2. The second-order valence-electron chi connectivity index (χ2n) is 5.05. The Balaban J connectivity index is 2.37. The molecule has 2 aromatic rings. The van der Waals surface area contributed by atoms with E-state index in [0.717, 1.165) is 6.21 Å². The Labute approximate surface area is 142 Å². The maximum atomic E-state index is 12.7. The average Bonchev–Trinajstić information content (AvgIpc) is 3.19. The van der Waals surface area contributed by atoms with Gasteiger partial charge in [0.1, 0.15) is 5.54 Å². The zero-order valence-electron chi connectivity index (χ0n) is 13.0. The van der Waals surface area contributed by atoms with Crippen molar-refractivity contribution >= 4 is 6.21 Å². The van der Waals surface area contributed by atoms with Gasteiger partial charge in [0.15, 0.2) is 11.6 Å². The Morgan fingerprint density at radius 3 is 2.12 bits per heavy atom. The molecule has 0 bridgehead atoms. The highest BCUT2D eigenvalue weighted by Gasteiger charge is 2.38. The summed E-state index contributed by atoms with van der Waals surface area (Å²) in [6, 6.07) is 0. The number of aliphatic imine (C=N–C) groups is 1. The SMILES string of the molecule is C=CC=CC(C)(N=Cc1n[nH]c(C(F)(F)F)n1)c1nc(C(F)(F)F)n[nH]1. The number of hydrogen-bond donors (Lipinski definition) is 2. The summed E-state index contributed by atoms with van der Waals surface area (Å²) in [4.78, 5) is 10.5. The molecule has 1 atom stereocenters. The van der Waals surface area contributed by atoms with Gasteiger partial charge in [-0.2, -0.15) is 31.4 Å². The summed E-state index contributed by atoms with van der Waals surface area (Å²) in [5, 5.41) is 10.2. The second kappa shape index (κ2) is 6.72. The predicted octanol–water partition coefficient (Wildman–Crippen LogP) is 3.04. The number of nitrogens with zero attached hydrogens (tertiary/aromatic N) is 5. The molecule has 2 aromatic heterocycles. The van der Waals surface area contributed by atoms with Crippen LogP contribution in [0.25, 0.3) is 0 Å². The fraction of sp³-hybridized carbons (Fsp3) is 0.308. The van der Waals surface area contributed by atoms with Crippen molar-refractivity contribution in [1.29, 1.82) is 0 Å². The Morgan fingerprint density at radius 1 is 0.962 bits per heavy atom. The third kappa shape index (κ3) is 4.34. The highest BCUT2D eigenvalue weighted by Crippen LogP contribution is 2.30. The number of aromatic amines is 2. The summed E-state index contributed by atoms with van der Waals surface area (Å²) in [5.74, 6) is -3.43. The van der Waals surface area contributed by atoms with Crippen LogP contribution in [0.4, 0.5) is 26.3 Å². The van der Waals surface area contributed by atoms with Gasteiger partial charge in [-0.1, -0.05) is 18.7 Å². The van der Waals surface area contributed by atoms with E-state index < -0.39 is 35.4 Å². The van der Waals surface area contributed by atoms with E-state index in [1.54, 1.807) is 5.10 Å². The molecule has 7 nitrogen and oxygen atoms in total. The van der Waals surface area contributed by atoms with Gasteiger partial charge >= 0.3 is 12.4 Å². The number of halogens is 6. The lowest BCUT2D eigenvalue weighted by molar-refractivity contribution is -0.145. The maximum Gasteiger partial charge on any atom is 0.453 e. The van der Waals surface area contributed by atoms with E-state index in [1.807, 2.05) is 0 Å². The number of H-pyrrole nitrogens is 2. The van der Waals surface area contributed by atoms with Crippen molar-refractivity contribution in [3.8, 4) is 0 Å². The van der Waals surface area contributed by atoms with Crippen LogP contribution in [0.2, 0.25) is 0 Å². The summed E-state index contributed by atoms with van der Waals surface area (Å²) in [6.07, 6.45) is -4.58. The monoisotopic (exact) mass is 379 g/mol. The Morgan fingerprint density at radius 2 is 1.62 bits per heavy atom. The van der Waals surface area contributed by atoms with E-state index in [2.05, 4.69) is 36.8 Å². The molecular formula is C13H11F6N7. The molecule has 0 aromatic carbocycles. The first-order valence-corrected chi connectivity index (χ1v) is 6.81. The Bertz CT molecular complexity index is 829. The minimum Gasteiger partial charge on any atom is -0.271 e. The Kier molecular flexibility index (Phi) is 5.00. The van der Waals surface area contributed by atoms with Crippen LogP contribution in [0.15, 0.2) is 29.8 Å². The highest BCUT2D eigenvalue weighted by molar-refractivity contribution is 5.74. The molecule has 0 aliphatic rings. The molecule has 2 N–H and O–H groups in total. The van der Waals surface area contributed by atoms with Crippen LogP contribution in [-0.2, 0) is 17.9 Å².